The number of aryl methyl sites for hydroxylation is 1. The molecular formula is C40H39F3N6O7. The van der Waals surface area contributed by atoms with Crippen molar-refractivity contribution >= 4 is 40.2 Å². The molecule has 6 heterocycles. The highest BCUT2D eigenvalue weighted by Crippen LogP contribution is 2.44. The summed E-state index contributed by atoms with van der Waals surface area (Å²) in [4.78, 5) is 72.7. The largest absolute Gasteiger partial charge is 0.496 e. The van der Waals surface area contributed by atoms with Crippen molar-refractivity contribution in [2.45, 2.75) is 62.8 Å². The van der Waals surface area contributed by atoms with Crippen LogP contribution < -0.4 is 25.2 Å². The number of benzene rings is 2. The first-order valence-electron chi connectivity index (χ1n) is 18.4. The normalized spacial score (nSPS) is 21.6. The Balaban J connectivity index is 1.07. The number of nitrogens with one attached hydrogen (secondary N) is 1. The number of likely N-dealkylation sites (tertiary alicyclic amines) is 1. The van der Waals surface area contributed by atoms with Crippen LogP contribution in [0.25, 0.3) is 21.9 Å². The number of alkyl halides is 3. The van der Waals surface area contributed by atoms with Crippen LogP contribution in [0.2, 0.25) is 0 Å². The number of fused-ring (bicyclic) bond motifs is 2. The van der Waals surface area contributed by atoms with Crippen molar-refractivity contribution in [2.75, 3.05) is 38.8 Å². The molecule has 16 heteroatoms. The molecule has 2 aromatic heterocycles. The molecule has 1 N–H and O–H groups in total. The highest BCUT2D eigenvalue weighted by atomic mass is 19.4. The zero-order valence-corrected chi connectivity index (χ0v) is 30.9. The average Bonchev–Trinajstić information content (AvgIpc) is 3.40. The van der Waals surface area contributed by atoms with Crippen LogP contribution in [0, 0.1) is 0 Å². The maximum atomic E-state index is 14.9. The van der Waals surface area contributed by atoms with Crippen molar-refractivity contribution in [2.24, 2.45) is 7.05 Å². The van der Waals surface area contributed by atoms with E-state index in [1.165, 1.54) is 35.8 Å². The number of imide groups is 2. The fourth-order valence-corrected chi connectivity index (χ4v) is 8.39. The summed E-state index contributed by atoms with van der Waals surface area (Å²) in [6.45, 7) is 1.64. The molecule has 0 bridgehead atoms. The number of nitrogens with zero attached hydrogens (tertiary/aromatic N) is 5. The van der Waals surface area contributed by atoms with E-state index < -0.39 is 47.8 Å². The predicted octanol–water partition coefficient (Wildman–Crippen LogP) is 4.54. The van der Waals surface area contributed by atoms with Gasteiger partial charge >= 0.3 is 6.18 Å². The molecule has 3 unspecified atom stereocenters. The number of anilines is 1. The van der Waals surface area contributed by atoms with Crippen LogP contribution in [0.15, 0.2) is 53.6 Å². The van der Waals surface area contributed by atoms with E-state index in [9.17, 15) is 37.1 Å². The fraction of sp³-hybridized carbons (Fsp3) is 0.400. The molecule has 13 nitrogen and oxygen atoms in total. The number of methoxy groups -OCH3 is 2. The van der Waals surface area contributed by atoms with Gasteiger partial charge in [0, 0.05) is 56.4 Å². The van der Waals surface area contributed by atoms with Crippen molar-refractivity contribution in [1.29, 1.82) is 0 Å². The maximum absolute atomic E-state index is 14.9. The van der Waals surface area contributed by atoms with Gasteiger partial charge < -0.3 is 18.9 Å². The Morgan fingerprint density at radius 3 is 2.23 bits per heavy atom. The van der Waals surface area contributed by atoms with E-state index in [0.29, 0.717) is 50.9 Å². The molecule has 0 aliphatic carbocycles. The molecule has 4 aromatic rings. The van der Waals surface area contributed by atoms with E-state index >= 15 is 0 Å². The minimum atomic E-state index is -4.61. The summed E-state index contributed by atoms with van der Waals surface area (Å²) >= 11 is 0. The van der Waals surface area contributed by atoms with Gasteiger partial charge in [-0.2, -0.15) is 13.2 Å². The van der Waals surface area contributed by atoms with Gasteiger partial charge in [0.25, 0.3) is 17.4 Å². The van der Waals surface area contributed by atoms with E-state index in [1.807, 2.05) is 6.07 Å². The van der Waals surface area contributed by atoms with Crippen molar-refractivity contribution < 1.29 is 41.8 Å². The Hall–Kier alpha value is -5.77. The highest BCUT2D eigenvalue weighted by molar-refractivity contribution is 6.23. The fourth-order valence-electron chi connectivity index (χ4n) is 8.39. The molecule has 4 aliphatic rings. The van der Waals surface area contributed by atoms with Gasteiger partial charge in [0.2, 0.25) is 11.8 Å². The van der Waals surface area contributed by atoms with E-state index in [0.717, 1.165) is 30.2 Å². The highest BCUT2D eigenvalue weighted by Gasteiger charge is 2.48. The first kappa shape index (κ1) is 37.2. The second kappa shape index (κ2) is 14.1. The summed E-state index contributed by atoms with van der Waals surface area (Å²) in [6.07, 6.45) is -0.276. The van der Waals surface area contributed by atoms with Crippen LogP contribution in [0.3, 0.4) is 0 Å². The molecule has 4 amide bonds. The van der Waals surface area contributed by atoms with Gasteiger partial charge in [0.15, 0.2) is 0 Å². The third kappa shape index (κ3) is 6.34. The van der Waals surface area contributed by atoms with Crippen LogP contribution in [-0.2, 0) is 23.2 Å². The number of aromatic nitrogens is 2. The number of hydrogen-bond donors (Lipinski definition) is 1. The van der Waals surface area contributed by atoms with Crippen LogP contribution in [0.4, 0.5) is 19.0 Å². The topological polar surface area (TPSA) is 143 Å². The zero-order chi connectivity index (χ0) is 39.6. The predicted molar refractivity (Wildman–Crippen MR) is 198 cm³/mol. The Kier molecular flexibility index (Phi) is 9.34. The van der Waals surface area contributed by atoms with Crippen LogP contribution in [0.5, 0.6) is 11.5 Å². The lowest BCUT2D eigenvalue weighted by atomic mass is 9.83. The van der Waals surface area contributed by atoms with Gasteiger partial charge in [-0.3, -0.25) is 39.1 Å². The number of carbonyl (C=O) groups is 4. The van der Waals surface area contributed by atoms with Gasteiger partial charge in [-0.1, -0.05) is 6.07 Å². The lowest BCUT2D eigenvalue weighted by Gasteiger charge is -2.41. The molecule has 4 aliphatic heterocycles. The molecule has 3 atom stereocenters. The summed E-state index contributed by atoms with van der Waals surface area (Å²) in [5.74, 6) is -1.82. The number of hydrogen-bond acceptors (Lipinski definition) is 10. The van der Waals surface area contributed by atoms with E-state index in [4.69, 9.17) is 9.47 Å². The molecular weight excluding hydrogens is 733 g/mol. The molecule has 0 saturated carbocycles. The number of ether oxygens (including phenoxy) is 2. The maximum Gasteiger partial charge on any atom is 0.404 e. The molecule has 292 valence electrons. The number of rotatable bonds is 8. The van der Waals surface area contributed by atoms with Gasteiger partial charge in [-0.15, -0.1) is 0 Å². The van der Waals surface area contributed by atoms with Crippen molar-refractivity contribution in [1.82, 2.24) is 24.7 Å². The minimum Gasteiger partial charge on any atom is -0.496 e. The Morgan fingerprint density at radius 1 is 0.875 bits per heavy atom. The third-order valence-corrected chi connectivity index (χ3v) is 11.5. The van der Waals surface area contributed by atoms with Gasteiger partial charge in [-0.05, 0) is 79.6 Å². The summed E-state index contributed by atoms with van der Waals surface area (Å²) in [5.41, 5.74) is 2.15. The SMILES string of the molecule is COc1cc(-c2cn(C)c(=O)c3cnc(N4CCC4)cc23)cc(OC)c1CN1CCC(c2ccc3c(c2)C(=O)N(C2CCC(=O)NC2=O)C3=O)CC1C(F)(F)F. The Morgan fingerprint density at radius 2 is 1.59 bits per heavy atom. The Bertz CT molecular complexity index is 2350. The lowest BCUT2D eigenvalue weighted by Crippen LogP contribution is -2.54. The van der Waals surface area contributed by atoms with Crippen molar-refractivity contribution in [3.63, 3.8) is 0 Å². The molecule has 0 radical (unpaired) electrons. The summed E-state index contributed by atoms with van der Waals surface area (Å²) < 4.78 is 57.8. The monoisotopic (exact) mass is 772 g/mol. The summed E-state index contributed by atoms with van der Waals surface area (Å²) in [7, 11) is 4.54. The van der Waals surface area contributed by atoms with Gasteiger partial charge in [-0.25, -0.2) is 4.98 Å². The molecule has 8 rings (SSSR count). The van der Waals surface area contributed by atoms with Crippen molar-refractivity contribution in [3.8, 4) is 22.6 Å². The van der Waals surface area contributed by atoms with E-state index in [1.54, 1.807) is 37.6 Å². The van der Waals surface area contributed by atoms with E-state index in [-0.39, 0.29) is 49.0 Å². The number of halogens is 3. The summed E-state index contributed by atoms with van der Waals surface area (Å²) in [6, 6.07) is 6.84. The van der Waals surface area contributed by atoms with E-state index in [2.05, 4.69) is 15.2 Å². The van der Waals surface area contributed by atoms with Crippen LogP contribution >= 0.6 is 0 Å². The Labute approximate surface area is 319 Å². The van der Waals surface area contributed by atoms with Crippen molar-refractivity contribution in [3.05, 3.63) is 81.4 Å². The van der Waals surface area contributed by atoms with Gasteiger partial charge in [0.05, 0.1) is 36.3 Å². The number of piperidine rings is 2. The number of carbonyl (C=O) groups excluding carboxylic acids is 4. The second-order valence-electron chi connectivity index (χ2n) is 14.7. The first-order valence-corrected chi connectivity index (χ1v) is 18.4. The average molecular weight is 773 g/mol. The zero-order valence-electron chi connectivity index (χ0n) is 30.9. The minimum absolute atomic E-state index is 0.00536. The molecule has 56 heavy (non-hydrogen) atoms. The quantitative estimate of drug-likeness (QED) is 0.254. The van der Waals surface area contributed by atoms with Crippen LogP contribution in [-0.4, -0.2) is 95.1 Å². The van der Waals surface area contributed by atoms with Gasteiger partial charge in [0.1, 0.15) is 29.4 Å². The number of amides is 4. The standard InChI is InChI=1S/C40H39F3N6O7/c1-46-19-28(25-17-34(47-10-4-11-47)44-18-27(25)37(46)52)23-14-31(55-2)29(32(15-23)56-3)20-48-12-9-22(16-33(48)40(41,42)43)21-5-6-24-26(13-21)39(54)49(38(24)53)30-7-8-35(50)45-36(30)51/h5-6,13-15,17-19,22,30,33H,4,7-12,16,20H2,1-3H3,(H,45,50,51). The first-order chi connectivity index (χ1) is 26.8. The van der Waals surface area contributed by atoms with Crippen LogP contribution in [0.1, 0.15) is 69.9 Å². The summed E-state index contributed by atoms with van der Waals surface area (Å²) in [5, 5.41) is 3.27. The molecule has 3 fully saturated rings. The lowest BCUT2D eigenvalue weighted by molar-refractivity contribution is -0.194. The number of pyridine rings is 2. The third-order valence-electron chi connectivity index (χ3n) is 11.5. The smallest absolute Gasteiger partial charge is 0.404 e. The second-order valence-corrected chi connectivity index (χ2v) is 14.7. The molecule has 3 saturated heterocycles. The molecule has 2 aromatic carbocycles. The molecule has 0 spiro atoms.